The standard InChI is InChI=1S/C20H21F2NO5S/c1-14-8-9-16(29(25,26)23-10-4-5-11-23)12-17(14)19(24)27-13-15-6-2-3-7-18(15)28-20(21)22/h2-3,6-9,12,20H,4-5,10-11,13H2,1H3. The van der Waals surface area contributed by atoms with Gasteiger partial charge in [0.2, 0.25) is 10.0 Å². The van der Waals surface area contributed by atoms with E-state index in [-0.39, 0.29) is 28.4 Å². The Bertz CT molecular complexity index is 988. The van der Waals surface area contributed by atoms with Gasteiger partial charge in [-0.05, 0) is 43.5 Å². The van der Waals surface area contributed by atoms with Crippen LogP contribution >= 0.6 is 0 Å². The van der Waals surface area contributed by atoms with Crippen molar-refractivity contribution in [1.29, 1.82) is 0 Å². The number of carbonyl (C=O) groups is 1. The van der Waals surface area contributed by atoms with E-state index < -0.39 is 22.6 Å². The van der Waals surface area contributed by atoms with E-state index in [2.05, 4.69) is 4.74 Å². The number of para-hydroxylation sites is 1. The fraction of sp³-hybridized carbons (Fsp3) is 0.350. The largest absolute Gasteiger partial charge is 0.457 e. The fourth-order valence-corrected chi connectivity index (χ4v) is 4.66. The number of nitrogens with zero attached hydrogens (tertiary/aromatic N) is 1. The van der Waals surface area contributed by atoms with Crippen LogP contribution < -0.4 is 4.74 Å². The van der Waals surface area contributed by atoms with Gasteiger partial charge in [-0.2, -0.15) is 13.1 Å². The van der Waals surface area contributed by atoms with Crippen molar-refractivity contribution >= 4 is 16.0 Å². The molecule has 0 aliphatic carbocycles. The van der Waals surface area contributed by atoms with Gasteiger partial charge in [-0.1, -0.05) is 24.3 Å². The molecule has 1 fully saturated rings. The molecule has 1 aliphatic heterocycles. The van der Waals surface area contributed by atoms with Gasteiger partial charge < -0.3 is 9.47 Å². The van der Waals surface area contributed by atoms with Crippen LogP contribution in [0.15, 0.2) is 47.4 Å². The van der Waals surface area contributed by atoms with Crippen LogP contribution in [0.2, 0.25) is 0 Å². The number of rotatable bonds is 7. The summed E-state index contributed by atoms with van der Waals surface area (Å²) in [5, 5.41) is 0. The van der Waals surface area contributed by atoms with E-state index in [1.165, 1.54) is 34.6 Å². The monoisotopic (exact) mass is 425 g/mol. The predicted octanol–water partition coefficient (Wildman–Crippen LogP) is 3.74. The van der Waals surface area contributed by atoms with E-state index >= 15 is 0 Å². The van der Waals surface area contributed by atoms with E-state index in [1.807, 2.05) is 0 Å². The van der Waals surface area contributed by atoms with Gasteiger partial charge in [-0.15, -0.1) is 0 Å². The zero-order chi connectivity index (χ0) is 21.0. The summed E-state index contributed by atoms with van der Waals surface area (Å²) in [5.41, 5.74) is 0.935. The number of alkyl halides is 2. The molecule has 0 amide bonds. The Morgan fingerprint density at radius 1 is 1.14 bits per heavy atom. The molecule has 0 aromatic heterocycles. The quantitative estimate of drug-likeness (QED) is 0.632. The Labute approximate surface area is 168 Å². The minimum atomic E-state index is -3.68. The minimum Gasteiger partial charge on any atom is -0.457 e. The van der Waals surface area contributed by atoms with Crippen molar-refractivity contribution in [2.24, 2.45) is 0 Å². The van der Waals surface area contributed by atoms with Crippen molar-refractivity contribution in [3.8, 4) is 5.75 Å². The van der Waals surface area contributed by atoms with Crippen molar-refractivity contribution < 1.29 is 31.5 Å². The maximum atomic E-state index is 12.7. The van der Waals surface area contributed by atoms with Crippen LogP contribution in [0.3, 0.4) is 0 Å². The van der Waals surface area contributed by atoms with Gasteiger partial charge in [-0.3, -0.25) is 0 Å². The third kappa shape index (κ3) is 4.91. The SMILES string of the molecule is Cc1ccc(S(=O)(=O)N2CCCC2)cc1C(=O)OCc1ccccc1OC(F)F. The maximum Gasteiger partial charge on any atom is 0.387 e. The van der Waals surface area contributed by atoms with Crippen molar-refractivity contribution in [3.63, 3.8) is 0 Å². The summed E-state index contributed by atoms with van der Waals surface area (Å²) in [5.74, 6) is -0.829. The van der Waals surface area contributed by atoms with Crippen molar-refractivity contribution in [2.75, 3.05) is 13.1 Å². The Kier molecular flexibility index (Phi) is 6.49. The highest BCUT2D eigenvalue weighted by atomic mass is 32.2. The molecular formula is C20H21F2NO5S. The van der Waals surface area contributed by atoms with Gasteiger partial charge in [0.15, 0.2) is 0 Å². The number of halogens is 2. The summed E-state index contributed by atoms with van der Waals surface area (Å²) in [6, 6.07) is 10.3. The molecule has 1 aliphatic rings. The molecule has 0 saturated carbocycles. The number of ether oxygens (including phenoxy) is 2. The van der Waals surface area contributed by atoms with Crippen molar-refractivity contribution in [2.45, 2.75) is 37.9 Å². The molecule has 2 aromatic rings. The lowest BCUT2D eigenvalue weighted by atomic mass is 10.1. The minimum absolute atomic E-state index is 0.0263. The Balaban J connectivity index is 1.78. The van der Waals surface area contributed by atoms with Gasteiger partial charge in [0.1, 0.15) is 12.4 Å². The summed E-state index contributed by atoms with van der Waals surface area (Å²) in [6.07, 6.45) is 1.61. The molecule has 0 bridgehead atoms. The summed E-state index contributed by atoms with van der Waals surface area (Å²) in [7, 11) is -3.68. The second kappa shape index (κ2) is 8.87. The molecule has 29 heavy (non-hydrogen) atoms. The summed E-state index contributed by atoms with van der Waals surface area (Å²) in [4.78, 5) is 12.6. The second-order valence-electron chi connectivity index (χ2n) is 6.65. The lowest BCUT2D eigenvalue weighted by Crippen LogP contribution is -2.28. The number of hydrogen-bond acceptors (Lipinski definition) is 5. The summed E-state index contributed by atoms with van der Waals surface area (Å²) >= 11 is 0. The fourth-order valence-electron chi connectivity index (χ4n) is 3.11. The zero-order valence-electron chi connectivity index (χ0n) is 15.8. The number of aryl methyl sites for hydroxylation is 1. The Morgan fingerprint density at radius 2 is 1.83 bits per heavy atom. The molecule has 3 rings (SSSR count). The van der Waals surface area contributed by atoms with Crippen LogP contribution in [0.4, 0.5) is 8.78 Å². The first-order chi connectivity index (χ1) is 13.8. The van der Waals surface area contributed by atoms with Crippen molar-refractivity contribution in [1.82, 2.24) is 4.31 Å². The Morgan fingerprint density at radius 3 is 2.52 bits per heavy atom. The number of sulfonamides is 1. The summed E-state index contributed by atoms with van der Waals surface area (Å²) < 4.78 is 61.5. The van der Waals surface area contributed by atoms with Crippen molar-refractivity contribution in [3.05, 3.63) is 59.2 Å². The molecule has 1 heterocycles. The predicted molar refractivity (Wildman–Crippen MR) is 101 cm³/mol. The average Bonchev–Trinajstić information content (AvgIpc) is 3.22. The lowest BCUT2D eigenvalue weighted by molar-refractivity contribution is -0.0510. The molecule has 0 atom stereocenters. The second-order valence-corrected chi connectivity index (χ2v) is 8.59. The topological polar surface area (TPSA) is 72.9 Å². The molecule has 0 radical (unpaired) electrons. The first-order valence-electron chi connectivity index (χ1n) is 9.09. The van der Waals surface area contributed by atoms with Crippen LogP contribution in [0.5, 0.6) is 5.75 Å². The van der Waals surface area contributed by atoms with Crippen LogP contribution in [0.25, 0.3) is 0 Å². The van der Waals surface area contributed by atoms with Crippen LogP contribution in [-0.4, -0.2) is 38.4 Å². The van der Waals surface area contributed by atoms with E-state index in [4.69, 9.17) is 4.74 Å². The van der Waals surface area contributed by atoms with Crippen LogP contribution in [0, 0.1) is 6.92 Å². The third-order valence-electron chi connectivity index (χ3n) is 4.68. The molecule has 1 saturated heterocycles. The third-order valence-corrected chi connectivity index (χ3v) is 6.57. The molecular weight excluding hydrogens is 404 g/mol. The summed E-state index contributed by atoms with van der Waals surface area (Å²) in [6.45, 7) is -0.712. The molecule has 0 unspecified atom stereocenters. The van der Waals surface area contributed by atoms with Crippen LogP contribution in [0.1, 0.15) is 34.3 Å². The first kappa shape index (κ1) is 21.2. The highest BCUT2D eigenvalue weighted by Gasteiger charge is 2.28. The molecule has 6 nitrogen and oxygen atoms in total. The van der Waals surface area contributed by atoms with Crippen LogP contribution in [-0.2, 0) is 21.4 Å². The Hall–Kier alpha value is -2.52. The van der Waals surface area contributed by atoms with E-state index in [0.29, 0.717) is 18.7 Å². The maximum absolute atomic E-state index is 12.7. The van der Waals surface area contributed by atoms with Gasteiger partial charge in [0, 0.05) is 18.7 Å². The number of hydrogen-bond donors (Lipinski definition) is 0. The lowest BCUT2D eigenvalue weighted by Gasteiger charge is -2.17. The molecule has 0 N–H and O–H groups in total. The number of carbonyl (C=O) groups excluding carboxylic acids is 1. The highest BCUT2D eigenvalue weighted by Crippen LogP contribution is 2.25. The van der Waals surface area contributed by atoms with Gasteiger partial charge in [-0.25, -0.2) is 13.2 Å². The van der Waals surface area contributed by atoms with E-state index in [1.54, 1.807) is 19.1 Å². The van der Waals surface area contributed by atoms with E-state index in [0.717, 1.165) is 12.8 Å². The smallest absolute Gasteiger partial charge is 0.387 e. The van der Waals surface area contributed by atoms with E-state index in [9.17, 15) is 22.0 Å². The number of esters is 1. The van der Waals surface area contributed by atoms with Gasteiger partial charge in [0.05, 0.1) is 10.5 Å². The number of benzene rings is 2. The molecule has 0 spiro atoms. The van der Waals surface area contributed by atoms with Gasteiger partial charge in [0.25, 0.3) is 0 Å². The first-order valence-corrected chi connectivity index (χ1v) is 10.5. The zero-order valence-corrected chi connectivity index (χ0v) is 16.6. The van der Waals surface area contributed by atoms with Gasteiger partial charge >= 0.3 is 12.6 Å². The average molecular weight is 425 g/mol. The molecule has 156 valence electrons. The molecule has 2 aromatic carbocycles. The highest BCUT2D eigenvalue weighted by molar-refractivity contribution is 7.89. The normalized spacial score (nSPS) is 14.9. The molecule has 9 heteroatoms.